The molecule has 0 aromatic heterocycles. The van der Waals surface area contributed by atoms with Crippen LogP contribution in [-0.4, -0.2) is 18.1 Å². The van der Waals surface area contributed by atoms with Crippen molar-refractivity contribution in [2.75, 3.05) is 0 Å². The number of nitrogens with one attached hydrogen (secondary N) is 3. The van der Waals surface area contributed by atoms with Gasteiger partial charge in [-0.1, -0.05) is 44.2 Å². The van der Waals surface area contributed by atoms with E-state index in [1.807, 2.05) is 0 Å². The van der Waals surface area contributed by atoms with Gasteiger partial charge in [-0.25, -0.2) is 9.82 Å². The van der Waals surface area contributed by atoms with Crippen molar-refractivity contribution >= 4 is 5.91 Å². The fraction of sp³-hybridized carbons (Fsp3) is 0.650. The van der Waals surface area contributed by atoms with Crippen LogP contribution in [0, 0.1) is 11.7 Å². The minimum absolute atomic E-state index is 0.0148. The summed E-state index contributed by atoms with van der Waals surface area (Å²) in [4.78, 5) is 12.8. The van der Waals surface area contributed by atoms with E-state index in [2.05, 4.69) is 16.2 Å². The third-order valence-electron chi connectivity index (χ3n) is 6.21. The summed E-state index contributed by atoms with van der Waals surface area (Å²) < 4.78 is 13.1. The highest BCUT2D eigenvalue weighted by Crippen LogP contribution is 2.48. The van der Waals surface area contributed by atoms with E-state index in [4.69, 9.17) is 0 Å². The first-order valence-electron chi connectivity index (χ1n) is 9.74. The predicted molar refractivity (Wildman–Crippen MR) is 95.1 cm³/mol. The average Bonchev–Trinajstić information content (AvgIpc) is 3.33. The molecule has 4 rings (SSSR count). The summed E-state index contributed by atoms with van der Waals surface area (Å²) >= 11 is 0. The summed E-state index contributed by atoms with van der Waals surface area (Å²) in [6.45, 7) is 0. The molecule has 1 aromatic rings. The highest BCUT2D eigenvalue weighted by atomic mass is 19.1. The first-order valence-corrected chi connectivity index (χ1v) is 9.74. The first kappa shape index (κ1) is 17.0. The zero-order valence-corrected chi connectivity index (χ0v) is 14.7. The van der Waals surface area contributed by atoms with Crippen molar-refractivity contribution in [3.63, 3.8) is 0 Å². The standard InChI is InChI=1S/C20H28FN3O/c21-16-8-6-15(7-9-16)20(10-11-20)19(25)22-18-13-17(23-24-18)12-14-4-2-1-3-5-14/h6-9,14,17-18,23-24H,1-5,10-13H2,(H,22,25). The fourth-order valence-corrected chi connectivity index (χ4v) is 4.53. The summed E-state index contributed by atoms with van der Waals surface area (Å²) in [6, 6.07) is 6.81. The van der Waals surface area contributed by atoms with Gasteiger partial charge in [0.15, 0.2) is 0 Å². The van der Waals surface area contributed by atoms with Crippen molar-refractivity contribution in [3.8, 4) is 0 Å². The topological polar surface area (TPSA) is 53.2 Å². The van der Waals surface area contributed by atoms with Gasteiger partial charge in [0.2, 0.25) is 5.91 Å². The van der Waals surface area contributed by atoms with Crippen molar-refractivity contribution < 1.29 is 9.18 Å². The molecule has 0 bridgehead atoms. The van der Waals surface area contributed by atoms with Gasteiger partial charge in [0.25, 0.3) is 0 Å². The Kier molecular flexibility index (Phi) is 4.78. The Bertz CT molecular complexity index is 608. The van der Waals surface area contributed by atoms with Gasteiger partial charge in [-0.3, -0.25) is 10.2 Å². The van der Waals surface area contributed by atoms with Gasteiger partial charge in [-0.05, 0) is 49.3 Å². The molecule has 1 aliphatic heterocycles. The van der Waals surface area contributed by atoms with Crippen LogP contribution in [0.25, 0.3) is 0 Å². The summed E-state index contributed by atoms with van der Waals surface area (Å²) in [5.41, 5.74) is 7.09. The van der Waals surface area contributed by atoms with Crippen LogP contribution in [0.1, 0.15) is 63.4 Å². The number of carbonyl (C=O) groups is 1. The van der Waals surface area contributed by atoms with Gasteiger partial charge >= 0.3 is 0 Å². The number of hydrogen-bond acceptors (Lipinski definition) is 3. The second kappa shape index (κ2) is 7.04. The Morgan fingerprint density at radius 2 is 1.84 bits per heavy atom. The number of hydrazine groups is 1. The van der Waals surface area contributed by atoms with E-state index in [0.29, 0.717) is 6.04 Å². The molecule has 136 valence electrons. The quantitative estimate of drug-likeness (QED) is 0.768. The highest BCUT2D eigenvalue weighted by Gasteiger charge is 2.51. The minimum atomic E-state index is -0.448. The molecular weight excluding hydrogens is 317 g/mol. The molecule has 5 heteroatoms. The normalized spacial score (nSPS) is 28.7. The van der Waals surface area contributed by atoms with Crippen molar-refractivity contribution in [3.05, 3.63) is 35.6 Å². The van der Waals surface area contributed by atoms with Crippen LogP contribution >= 0.6 is 0 Å². The third-order valence-corrected chi connectivity index (χ3v) is 6.21. The molecule has 2 saturated carbocycles. The number of benzene rings is 1. The van der Waals surface area contributed by atoms with Gasteiger partial charge in [0.05, 0.1) is 11.6 Å². The molecule has 2 aliphatic carbocycles. The molecular formula is C20H28FN3O. The molecule has 1 amide bonds. The van der Waals surface area contributed by atoms with E-state index in [1.165, 1.54) is 50.7 Å². The lowest BCUT2D eigenvalue weighted by molar-refractivity contribution is -0.124. The Labute approximate surface area is 148 Å². The van der Waals surface area contributed by atoms with Crippen LogP contribution in [0.2, 0.25) is 0 Å². The SMILES string of the molecule is O=C(NC1CC(CC2CCCCC2)NN1)C1(c2ccc(F)cc2)CC1. The lowest BCUT2D eigenvalue weighted by Gasteiger charge is -2.24. The Balaban J connectivity index is 1.30. The number of halogens is 1. The minimum Gasteiger partial charge on any atom is -0.339 e. The molecule has 2 atom stereocenters. The second-order valence-corrected chi connectivity index (χ2v) is 8.08. The van der Waals surface area contributed by atoms with Gasteiger partial charge in [-0.15, -0.1) is 0 Å². The van der Waals surface area contributed by atoms with Crippen LogP contribution < -0.4 is 16.2 Å². The van der Waals surface area contributed by atoms with E-state index in [1.54, 1.807) is 12.1 Å². The van der Waals surface area contributed by atoms with Gasteiger partial charge < -0.3 is 5.32 Å². The zero-order chi connectivity index (χ0) is 17.3. The molecule has 0 spiro atoms. The molecule has 4 nitrogen and oxygen atoms in total. The molecule has 1 aromatic carbocycles. The van der Waals surface area contributed by atoms with Gasteiger partial charge in [-0.2, -0.15) is 0 Å². The predicted octanol–water partition coefficient (Wildman–Crippen LogP) is 3.14. The molecule has 25 heavy (non-hydrogen) atoms. The van der Waals surface area contributed by atoms with E-state index < -0.39 is 5.41 Å². The van der Waals surface area contributed by atoms with E-state index in [9.17, 15) is 9.18 Å². The van der Waals surface area contributed by atoms with Crippen molar-refractivity contribution in [1.29, 1.82) is 0 Å². The summed E-state index contributed by atoms with van der Waals surface area (Å²) in [7, 11) is 0. The van der Waals surface area contributed by atoms with Crippen LogP contribution in [-0.2, 0) is 10.2 Å². The molecule has 0 radical (unpaired) electrons. The number of carbonyl (C=O) groups excluding carboxylic acids is 1. The van der Waals surface area contributed by atoms with Crippen LogP contribution in [0.15, 0.2) is 24.3 Å². The molecule has 3 N–H and O–H groups in total. The molecule has 1 saturated heterocycles. The number of amides is 1. The van der Waals surface area contributed by atoms with Crippen LogP contribution in [0.3, 0.4) is 0 Å². The molecule has 3 aliphatic rings. The Morgan fingerprint density at radius 1 is 1.12 bits per heavy atom. The maximum Gasteiger partial charge on any atom is 0.231 e. The first-order chi connectivity index (χ1) is 12.2. The summed E-state index contributed by atoms with van der Waals surface area (Å²) in [5, 5.41) is 3.16. The van der Waals surface area contributed by atoms with Gasteiger partial charge in [0, 0.05) is 6.04 Å². The molecule has 2 unspecified atom stereocenters. The van der Waals surface area contributed by atoms with Crippen molar-refractivity contribution in [2.24, 2.45) is 5.92 Å². The van der Waals surface area contributed by atoms with E-state index in [-0.39, 0.29) is 17.9 Å². The maximum absolute atomic E-state index is 13.1. The zero-order valence-electron chi connectivity index (χ0n) is 14.7. The average molecular weight is 345 g/mol. The van der Waals surface area contributed by atoms with E-state index in [0.717, 1.165) is 30.7 Å². The largest absolute Gasteiger partial charge is 0.339 e. The maximum atomic E-state index is 13.1. The molecule has 3 fully saturated rings. The van der Waals surface area contributed by atoms with Crippen molar-refractivity contribution in [1.82, 2.24) is 16.2 Å². The fourth-order valence-electron chi connectivity index (χ4n) is 4.53. The highest BCUT2D eigenvalue weighted by molar-refractivity contribution is 5.91. The summed E-state index contributed by atoms with van der Waals surface area (Å²) in [5.74, 6) is 0.639. The summed E-state index contributed by atoms with van der Waals surface area (Å²) in [6.07, 6.45) is 10.6. The van der Waals surface area contributed by atoms with Crippen LogP contribution in [0.5, 0.6) is 0 Å². The number of hydrogen-bond donors (Lipinski definition) is 3. The smallest absolute Gasteiger partial charge is 0.231 e. The van der Waals surface area contributed by atoms with Crippen LogP contribution in [0.4, 0.5) is 4.39 Å². The number of rotatable bonds is 5. The Morgan fingerprint density at radius 3 is 2.52 bits per heavy atom. The second-order valence-electron chi connectivity index (χ2n) is 8.08. The molecule has 1 heterocycles. The van der Waals surface area contributed by atoms with E-state index >= 15 is 0 Å². The Hall–Kier alpha value is -1.46. The van der Waals surface area contributed by atoms with Gasteiger partial charge in [0.1, 0.15) is 5.82 Å². The lowest BCUT2D eigenvalue weighted by Crippen LogP contribution is -2.48. The van der Waals surface area contributed by atoms with Crippen molar-refractivity contribution in [2.45, 2.75) is 75.4 Å². The third kappa shape index (κ3) is 3.72. The monoisotopic (exact) mass is 345 g/mol. The lowest BCUT2D eigenvalue weighted by atomic mass is 9.84.